The van der Waals surface area contributed by atoms with Gasteiger partial charge in [0.1, 0.15) is 5.75 Å². The number of benzene rings is 2. The average Bonchev–Trinajstić information content (AvgIpc) is 2.46. The summed E-state index contributed by atoms with van der Waals surface area (Å²) in [5.41, 5.74) is 2.90. The van der Waals surface area contributed by atoms with Gasteiger partial charge in [-0.1, -0.05) is 6.07 Å². The van der Waals surface area contributed by atoms with Gasteiger partial charge in [-0.15, -0.1) is 0 Å². The average molecular weight is 351 g/mol. The highest BCUT2D eigenvalue weighted by Crippen LogP contribution is 2.26. The highest BCUT2D eigenvalue weighted by Gasteiger charge is 2.10. The lowest BCUT2D eigenvalue weighted by Gasteiger charge is -2.10. The number of anilines is 1. The highest BCUT2D eigenvalue weighted by molar-refractivity contribution is 9.10. The van der Waals surface area contributed by atoms with Crippen LogP contribution in [0.4, 0.5) is 11.4 Å². The van der Waals surface area contributed by atoms with Crippen LogP contribution >= 0.6 is 15.9 Å². The number of nitrogens with one attached hydrogen (secondary N) is 1. The lowest BCUT2D eigenvalue weighted by molar-refractivity contribution is -0.385. The maximum atomic E-state index is 10.9. The Bertz CT molecular complexity index is 674. The van der Waals surface area contributed by atoms with Gasteiger partial charge in [-0.05, 0) is 52.2 Å². The van der Waals surface area contributed by atoms with Crippen molar-refractivity contribution in [3.63, 3.8) is 0 Å². The van der Waals surface area contributed by atoms with Gasteiger partial charge in [0.15, 0.2) is 0 Å². The molecule has 110 valence electrons. The topological polar surface area (TPSA) is 64.4 Å². The summed E-state index contributed by atoms with van der Waals surface area (Å²) in [5, 5.41) is 14.2. The van der Waals surface area contributed by atoms with E-state index in [4.69, 9.17) is 4.74 Å². The zero-order valence-electron chi connectivity index (χ0n) is 11.7. The van der Waals surface area contributed by atoms with Gasteiger partial charge in [0.25, 0.3) is 5.69 Å². The first-order chi connectivity index (χ1) is 9.99. The minimum absolute atomic E-state index is 0.0223. The van der Waals surface area contributed by atoms with Gasteiger partial charge < -0.3 is 10.1 Å². The van der Waals surface area contributed by atoms with Crippen LogP contribution in [0.15, 0.2) is 40.9 Å². The van der Waals surface area contributed by atoms with Crippen molar-refractivity contribution in [3.8, 4) is 5.75 Å². The number of methoxy groups -OCH3 is 1. The van der Waals surface area contributed by atoms with Crippen LogP contribution in [0, 0.1) is 17.0 Å². The van der Waals surface area contributed by atoms with Gasteiger partial charge in [0.2, 0.25) is 0 Å². The van der Waals surface area contributed by atoms with E-state index in [1.807, 2.05) is 25.1 Å². The van der Waals surface area contributed by atoms with Crippen molar-refractivity contribution in [2.24, 2.45) is 0 Å². The number of nitrogens with zero attached hydrogens (tertiary/aromatic N) is 1. The van der Waals surface area contributed by atoms with E-state index in [-0.39, 0.29) is 5.69 Å². The number of non-ortho nitro benzene ring substituents is 1. The smallest absolute Gasteiger partial charge is 0.273 e. The molecule has 0 bridgehead atoms. The molecule has 0 amide bonds. The molecule has 0 aromatic heterocycles. The van der Waals surface area contributed by atoms with Crippen molar-refractivity contribution >= 4 is 27.3 Å². The predicted molar refractivity (Wildman–Crippen MR) is 85.9 cm³/mol. The molecule has 0 spiro atoms. The van der Waals surface area contributed by atoms with Crippen LogP contribution in [0.2, 0.25) is 0 Å². The number of nitro groups is 1. The molecule has 2 aromatic rings. The molecule has 0 saturated heterocycles. The van der Waals surface area contributed by atoms with E-state index >= 15 is 0 Å². The summed E-state index contributed by atoms with van der Waals surface area (Å²) in [6.07, 6.45) is 0. The quantitative estimate of drug-likeness (QED) is 0.645. The van der Waals surface area contributed by atoms with Crippen molar-refractivity contribution in [3.05, 3.63) is 62.1 Å². The monoisotopic (exact) mass is 350 g/mol. The Morgan fingerprint density at radius 2 is 2.05 bits per heavy atom. The molecule has 0 fully saturated rings. The van der Waals surface area contributed by atoms with Gasteiger partial charge in [0, 0.05) is 22.8 Å². The zero-order valence-corrected chi connectivity index (χ0v) is 13.3. The minimum atomic E-state index is -0.423. The molecular weight excluding hydrogens is 336 g/mol. The van der Waals surface area contributed by atoms with Crippen LogP contribution in [0.3, 0.4) is 0 Å². The maximum Gasteiger partial charge on any atom is 0.273 e. The first kappa shape index (κ1) is 15.3. The minimum Gasteiger partial charge on any atom is -0.496 e. The van der Waals surface area contributed by atoms with Crippen LogP contribution < -0.4 is 10.1 Å². The molecule has 2 rings (SSSR count). The first-order valence-corrected chi connectivity index (χ1v) is 7.11. The van der Waals surface area contributed by atoms with Crippen molar-refractivity contribution in [2.45, 2.75) is 13.5 Å². The molecule has 1 N–H and O–H groups in total. The number of halogens is 1. The Hall–Kier alpha value is -2.08. The van der Waals surface area contributed by atoms with E-state index in [1.165, 1.54) is 19.2 Å². The number of aryl methyl sites for hydroxylation is 1. The second-order valence-corrected chi connectivity index (χ2v) is 5.49. The number of nitro benzene ring substituents is 1. The summed E-state index contributed by atoms with van der Waals surface area (Å²) < 4.78 is 6.05. The van der Waals surface area contributed by atoms with Crippen molar-refractivity contribution < 1.29 is 9.66 Å². The molecule has 0 radical (unpaired) electrons. The summed E-state index contributed by atoms with van der Waals surface area (Å²) in [6, 6.07) is 10.7. The second-order valence-electron chi connectivity index (χ2n) is 4.63. The summed E-state index contributed by atoms with van der Waals surface area (Å²) >= 11 is 3.49. The molecule has 0 aliphatic heterocycles. The van der Waals surface area contributed by atoms with E-state index in [0.717, 1.165) is 21.3 Å². The molecule has 0 aliphatic rings. The first-order valence-electron chi connectivity index (χ1n) is 6.32. The van der Waals surface area contributed by atoms with Crippen LogP contribution in [-0.4, -0.2) is 12.0 Å². The predicted octanol–water partition coefficient (Wildman–Crippen LogP) is 4.29. The number of hydrogen-bond acceptors (Lipinski definition) is 4. The molecule has 5 nitrogen and oxygen atoms in total. The molecule has 0 heterocycles. The van der Waals surface area contributed by atoms with E-state index in [0.29, 0.717) is 12.3 Å². The fourth-order valence-electron chi connectivity index (χ4n) is 1.93. The molecule has 0 aliphatic carbocycles. The Kier molecular flexibility index (Phi) is 4.80. The third-order valence-electron chi connectivity index (χ3n) is 3.01. The molecule has 0 atom stereocenters. The van der Waals surface area contributed by atoms with Gasteiger partial charge in [-0.3, -0.25) is 10.1 Å². The second kappa shape index (κ2) is 6.58. The summed E-state index contributed by atoms with van der Waals surface area (Å²) in [5.74, 6) is 0.476. The van der Waals surface area contributed by atoms with Crippen LogP contribution in [-0.2, 0) is 6.54 Å². The zero-order chi connectivity index (χ0) is 15.4. The highest BCUT2D eigenvalue weighted by atomic mass is 79.9. The summed E-state index contributed by atoms with van der Waals surface area (Å²) in [4.78, 5) is 10.5. The van der Waals surface area contributed by atoms with Gasteiger partial charge >= 0.3 is 0 Å². The van der Waals surface area contributed by atoms with Crippen LogP contribution in [0.25, 0.3) is 0 Å². The summed E-state index contributed by atoms with van der Waals surface area (Å²) in [6.45, 7) is 2.49. The Morgan fingerprint density at radius 3 is 2.67 bits per heavy atom. The fraction of sp³-hybridized carbons (Fsp3) is 0.200. The number of hydrogen-bond donors (Lipinski definition) is 1. The molecule has 0 unspecified atom stereocenters. The van der Waals surface area contributed by atoms with Crippen molar-refractivity contribution in [1.29, 1.82) is 0 Å². The molecule has 6 heteroatoms. The van der Waals surface area contributed by atoms with Crippen molar-refractivity contribution in [2.75, 3.05) is 12.4 Å². The normalized spacial score (nSPS) is 10.2. The Morgan fingerprint density at radius 1 is 1.29 bits per heavy atom. The van der Waals surface area contributed by atoms with Gasteiger partial charge in [-0.2, -0.15) is 0 Å². The SMILES string of the molecule is COc1cc(CNc2ccc(C)cc2Br)cc([N+](=O)[O-])c1. The molecular formula is C15H15BrN2O3. The summed E-state index contributed by atoms with van der Waals surface area (Å²) in [7, 11) is 1.49. The lowest BCUT2D eigenvalue weighted by Crippen LogP contribution is -2.02. The largest absolute Gasteiger partial charge is 0.496 e. The Balaban J connectivity index is 2.19. The lowest BCUT2D eigenvalue weighted by atomic mass is 10.1. The van der Waals surface area contributed by atoms with Gasteiger partial charge in [0.05, 0.1) is 18.1 Å². The van der Waals surface area contributed by atoms with Crippen LogP contribution in [0.5, 0.6) is 5.75 Å². The fourth-order valence-corrected chi connectivity index (χ4v) is 2.56. The van der Waals surface area contributed by atoms with E-state index in [2.05, 4.69) is 21.2 Å². The maximum absolute atomic E-state index is 10.9. The molecule has 0 saturated carbocycles. The molecule has 2 aromatic carbocycles. The Labute approximate surface area is 131 Å². The molecule has 21 heavy (non-hydrogen) atoms. The third-order valence-corrected chi connectivity index (χ3v) is 3.66. The number of ether oxygens (including phenoxy) is 1. The van der Waals surface area contributed by atoms with E-state index in [1.54, 1.807) is 6.07 Å². The van der Waals surface area contributed by atoms with Crippen LogP contribution in [0.1, 0.15) is 11.1 Å². The third kappa shape index (κ3) is 3.95. The van der Waals surface area contributed by atoms with Gasteiger partial charge in [-0.25, -0.2) is 0 Å². The number of rotatable bonds is 5. The van der Waals surface area contributed by atoms with Crippen molar-refractivity contribution in [1.82, 2.24) is 0 Å². The van der Waals surface area contributed by atoms with E-state index in [9.17, 15) is 10.1 Å². The van der Waals surface area contributed by atoms with E-state index < -0.39 is 4.92 Å². The standard InChI is InChI=1S/C15H15BrN2O3/c1-10-3-4-15(14(16)5-10)17-9-11-6-12(18(19)20)8-13(7-11)21-2/h3-8,17H,9H2,1-2H3.